The van der Waals surface area contributed by atoms with Crippen molar-refractivity contribution in [3.63, 3.8) is 0 Å². The predicted octanol–water partition coefficient (Wildman–Crippen LogP) is 5.98. The summed E-state index contributed by atoms with van der Waals surface area (Å²) < 4.78 is 62.9. The molecule has 0 bridgehead atoms. The number of ether oxygens (including phenoxy) is 1. The Balaban J connectivity index is 1.49. The van der Waals surface area contributed by atoms with Crippen LogP contribution in [0, 0.1) is 12.3 Å². The van der Waals surface area contributed by atoms with Gasteiger partial charge in [0.05, 0.1) is 39.8 Å². The molecule has 1 aromatic carbocycles. The summed E-state index contributed by atoms with van der Waals surface area (Å²) in [5, 5.41) is 0. The summed E-state index contributed by atoms with van der Waals surface area (Å²) in [4.78, 5) is 27.7. The van der Waals surface area contributed by atoms with Gasteiger partial charge in [-0.2, -0.15) is 13.2 Å². The molecular formula is C31H36F3N5O3S. The SMILES string of the molecule is CCOC(=O)c1nc(-c2cccnc2C(F)(F)F)c(C)nc1N1CCC2(CC1)Cc1ccccc1[C@H]2NS(=O)C(C)(C)C. The van der Waals surface area contributed by atoms with Crippen LogP contribution in [0.1, 0.15) is 79.6 Å². The fourth-order valence-corrected chi connectivity index (χ4v) is 6.98. The summed E-state index contributed by atoms with van der Waals surface area (Å²) in [5.74, 6) is -0.470. The predicted molar refractivity (Wildman–Crippen MR) is 159 cm³/mol. The summed E-state index contributed by atoms with van der Waals surface area (Å²) >= 11 is 0. The highest BCUT2D eigenvalue weighted by Crippen LogP contribution is 2.53. The number of halogens is 3. The number of benzene rings is 1. The Labute approximate surface area is 252 Å². The van der Waals surface area contributed by atoms with Gasteiger partial charge in [0.25, 0.3) is 0 Å². The molecule has 3 heterocycles. The highest BCUT2D eigenvalue weighted by Gasteiger charge is 2.49. The Morgan fingerprint density at radius 2 is 1.81 bits per heavy atom. The quantitative estimate of drug-likeness (QED) is 0.341. The monoisotopic (exact) mass is 615 g/mol. The number of hydrogen-bond donors (Lipinski definition) is 1. The Hall–Kier alpha value is -3.38. The third kappa shape index (κ3) is 6.04. The summed E-state index contributed by atoms with van der Waals surface area (Å²) in [5.41, 5.74) is 0.872. The van der Waals surface area contributed by atoms with Crippen LogP contribution in [0.15, 0.2) is 42.6 Å². The number of carbonyl (C=O) groups excluding carboxylic acids is 1. The van der Waals surface area contributed by atoms with E-state index >= 15 is 0 Å². The van der Waals surface area contributed by atoms with Gasteiger partial charge >= 0.3 is 12.1 Å². The summed E-state index contributed by atoms with van der Waals surface area (Å²) in [6.45, 7) is 10.2. The molecule has 230 valence electrons. The van der Waals surface area contributed by atoms with E-state index in [2.05, 4.69) is 31.8 Å². The largest absolute Gasteiger partial charge is 0.461 e. The fourth-order valence-electron chi connectivity index (χ4n) is 6.03. The minimum atomic E-state index is -4.71. The third-order valence-corrected chi connectivity index (χ3v) is 9.77. The summed E-state index contributed by atoms with van der Waals surface area (Å²) in [6, 6.07) is 10.8. The van der Waals surface area contributed by atoms with Gasteiger partial charge in [0.1, 0.15) is 0 Å². The number of hydrogen-bond acceptors (Lipinski definition) is 7. The average Bonchev–Trinajstić information content (AvgIpc) is 3.24. The number of fused-ring (bicyclic) bond motifs is 1. The minimum Gasteiger partial charge on any atom is -0.461 e. The first-order chi connectivity index (χ1) is 20.2. The zero-order chi connectivity index (χ0) is 31.2. The van der Waals surface area contributed by atoms with Crippen LogP contribution in [0.4, 0.5) is 19.0 Å². The van der Waals surface area contributed by atoms with Crippen LogP contribution >= 0.6 is 0 Å². The highest BCUT2D eigenvalue weighted by molar-refractivity contribution is 7.84. The first-order valence-electron chi connectivity index (χ1n) is 14.3. The van der Waals surface area contributed by atoms with Gasteiger partial charge in [0, 0.05) is 24.8 Å². The zero-order valence-electron chi connectivity index (χ0n) is 24.9. The van der Waals surface area contributed by atoms with E-state index in [1.54, 1.807) is 13.8 Å². The lowest BCUT2D eigenvalue weighted by atomic mass is 9.73. The molecule has 1 aliphatic heterocycles. The minimum absolute atomic E-state index is 0.0686. The number of anilines is 1. The molecule has 3 aromatic rings. The van der Waals surface area contributed by atoms with Crippen LogP contribution in [-0.4, -0.2) is 49.6 Å². The van der Waals surface area contributed by atoms with Crippen LogP contribution in [-0.2, 0) is 28.3 Å². The van der Waals surface area contributed by atoms with E-state index in [0.29, 0.717) is 25.9 Å². The number of aryl methyl sites for hydroxylation is 1. The average molecular weight is 616 g/mol. The summed E-state index contributed by atoms with van der Waals surface area (Å²) in [6.07, 6.45) is -1.39. The van der Waals surface area contributed by atoms with E-state index in [4.69, 9.17) is 4.74 Å². The number of carbonyl (C=O) groups is 1. The van der Waals surface area contributed by atoms with Crippen molar-refractivity contribution in [2.45, 2.75) is 70.8 Å². The molecule has 0 amide bonds. The van der Waals surface area contributed by atoms with Crippen LogP contribution in [0.2, 0.25) is 0 Å². The highest BCUT2D eigenvalue weighted by atomic mass is 32.2. The Bertz CT molecular complexity index is 1550. The second-order valence-electron chi connectivity index (χ2n) is 12.1. The van der Waals surface area contributed by atoms with Crippen molar-refractivity contribution in [3.8, 4) is 11.3 Å². The van der Waals surface area contributed by atoms with Crippen LogP contribution in [0.25, 0.3) is 11.3 Å². The second kappa shape index (κ2) is 11.6. The smallest absolute Gasteiger partial charge is 0.434 e. The van der Waals surface area contributed by atoms with Gasteiger partial charge in [-0.3, -0.25) is 4.98 Å². The van der Waals surface area contributed by atoms with Gasteiger partial charge in [-0.05, 0) is 82.6 Å². The number of nitrogens with one attached hydrogen (secondary N) is 1. The topological polar surface area (TPSA) is 97.3 Å². The number of piperidine rings is 1. The van der Waals surface area contributed by atoms with E-state index in [1.807, 2.05) is 37.8 Å². The van der Waals surface area contributed by atoms with Gasteiger partial charge in [-0.1, -0.05) is 24.3 Å². The number of aromatic nitrogens is 3. The van der Waals surface area contributed by atoms with Crippen molar-refractivity contribution in [3.05, 3.63) is 70.8 Å². The Morgan fingerprint density at radius 1 is 1.12 bits per heavy atom. The molecule has 1 aliphatic carbocycles. The molecule has 1 unspecified atom stereocenters. The maximum atomic E-state index is 13.8. The zero-order valence-corrected chi connectivity index (χ0v) is 25.7. The van der Waals surface area contributed by atoms with Crippen molar-refractivity contribution in [2.75, 3.05) is 24.6 Å². The molecule has 1 spiro atoms. The fraction of sp³-hybridized carbons (Fsp3) is 0.484. The number of rotatable bonds is 6. The van der Waals surface area contributed by atoms with Gasteiger partial charge < -0.3 is 9.64 Å². The molecule has 2 aliphatic rings. The molecule has 1 fully saturated rings. The molecule has 1 saturated heterocycles. The van der Waals surface area contributed by atoms with Crippen molar-refractivity contribution in [1.82, 2.24) is 19.7 Å². The normalized spacial score (nSPS) is 18.9. The van der Waals surface area contributed by atoms with Gasteiger partial charge in [-0.15, -0.1) is 0 Å². The van der Waals surface area contributed by atoms with E-state index in [1.165, 1.54) is 17.7 Å². The number of pyridine rings is 1. The molecule has 0 saturated carbocycles. The molecule has 43 heavy (non-hydrogen) atoms. The molecule has 0 radical (unpaired) electrons. The van der Waals surface area contributed by atoms with Gasteiger partial charge in [0.15, 0.2) is 17.2 Å². The van der Waals surface area contributed by atoms with Crippen molar-refractivity contribution in [2.24, 2.45) is 5.41 Å². The van der Waals surface area contributed by atoms with Crippen LogP contribution in [0.5, 0.6) is 0 Å². The van der Waals surface area contributed by atoms with Crippen molar-refractivity contribution >= 4 is 22.8 Å². The van der Waals surface area contributed by atoms with Crippen LogP contribution < -0.4 is 9.62 Å². The van der Waals surface area contributed by atoms with Crippen molar-refractivity contribution < 1.29 is 26.9 Å². The van der Waals surface area contributed by atoms with Crippen LogP contribution in [0.3, 0.4) is 0 Å². The first kappa shape index (κ1) is 31.1. The van der Waals surface area contributed by atoms with E-state index in [9.17, 15) is 22.2 Å². The van der Waals surface area contributed by atoms with E-state index in [-0.39, 0.29) is 46.5 Å². The van der Waals surface area contributed by atoms with E-state index in [0.717, 1.165) is 18.2 Å². The Kier molecular flexibility index (Phi) is 8.38. The molecule has 2 atom stereocenters. The van der Waals surface area contributed by atoms with Gasteiger partial charge in [0.2, 0.25) is 0 Å². The molecule has 12 heteroatoms. The van der Waals surface area contributed by atoms with E-state index < -0.39 is 33.6 Å². The standard InChI is InChI=1S/C31H36F3N5O3S/c1-6-42-28(40)24-27(36-19(2)23(37-24)22-12-9-15-35-26(22)31(32,33)34)39-16-13-30(14-17-39)18-20-10-7-8-11-21(20)25(30)38-43(41)29(3,4)5/h7-12,15,25,38H,6,13-14,16-18H2,1-5H3/t25-,43?/m1/s1. The van der Waals surface area contributed by atoms with Crippen molar-refractivity contribution in [1.29, 1.82) is 0 Å². The molecule has 8 nitrogen and oxygen atoms in total. The molecular weight excluding hydrogens is 579 g/mol. The number of alkyl halides is 3. The molecule has 5 rings (SSSR count). The third-order valence-electron chi connectivity index (χ3n) is 8.21. The Morgan fingerprint density at radius 3 is 2.47 bits per heavy atom. The lowest BCUT2D eigenvalue weighted by molar-refractivity contribution is -0.140. The molecule has 1 N–H and O–H groups in total. The number of esters is 1. The van der Waals surface area contributed by atoms with Gasteiger partial charge in [-0.25, -0.2) is 23.7 Å². The molecule has 2 aromatic heterocycles. The number of nitrogens with zero attached hydrogens (tertiary/aromatic N) is 4. The first-order valence-corrected chi connectivity index (χ1v) is 15.5. The maximum Gasteiger partial charge on any atom is 0.434 e. The maximum absolute atomic E-state index is 13.8. The lowest BCUT2D eigenvalue weighted by Crippen LogP contribution is -2.48. The second-order valence-corrected chi connectivity index (χ2v) is 14.1. The lowest BCUT2D eigenvalue weighted by Gasteiger charge is -2.44. The summed E-state index contributed by atoms with van der Waals surface area (Å²) in [7, 11) is -1.28.